The summed E-state index contributed by atoms with van der Waals surface area (Å²) in [5, 5.41) is 3.41. The van der Waals surface area contributed by atoms with Gasteiger partial charge < -0.3 is 14.8 Å². The smallest absolute Gasteiger partial charge is 0.161 e. The Hall–Kier alpha value is -2.00. The van der Waals surface area contributed by atoms with E-state index in [2.05, 4.69) is 43.4 Å². The maximum atomic E-state index is 5.91. The van der Waals surface area contributed by atoms with Crippen molar-refractivity contribution in [2.24, 2.45) is 0 Å². The van der Waals surface area contributed by atoms with Gasteiger partial charge in [0.1, 0.15) is 6.61 Å². The quantitative estimate of drug-likeness (QED) is 0.794. The summed E-state index contributed by atoms with van der Waals surface area (Å²) < 4.78 is 11.6. The topological polar surface area (TPSA) is 30.5 Å². The van der Waals surface area contributed by atoms with Crippen molar-refractivity contribution in [1.29, 1.82) is 0 Å². The van der Waals surface area contributed by atoms with E-state index in [1.807, 2.05) is 31.2 Å². The lowest BCUT2D eigenvalue weighted by Gasteiger charge is -2.14. The van der Waals surface area contributed by atoms with Crippen molar-refractivity contribution in [1.82, 2.24) is 5.32 Å². The fraction of sp³-hybridized carbons (Fsp3) is 0.368. The zero-order valence-corrected chi connectivity index (χ0v) is 13.6. The van der Waals surface area contributed by atoms with Crippen LogP contribution in [-0.2, 0) is 13.2 Å². The van der Waals surface area contributed by atoms with Gasteiger partial charge in [0.15, 0.2) is 11.5 Å². The first-order valence-corrected chi connectivity index (χ1v) is 7.85. The van der Waals surface area contributed by atoms with Gasteiger partial charge in [-0.3, -0.25) is 0 Å². The Balaban J connectivity index is 2.05. The first kappa shape index (κ1) is 16.4. The van der Waals surface area contributed by atoms with E-state index in [1.165, 1.54) is 5.56 Å². The van der Waals surface area contributed by atoms with E-state index in [4.69, 9.17) is 9.47 Å². The molecule has 118 valence electrons. The fourth-order valence-corrected chi connectivity index (χ4v) is 2.11. The highest BCUT2D eigenvalue weighted by atomic mass is 16.5. The van der Waals surface area contributed by atoms with Crippen LogP contribution in [0, 0.1) is 0 Å². The first-order valence-electron chi connectivity index (χ1n) is 7.85. The highest BCUT2D eigenvalue weighted by Gasteiger charge is 2.07. The lowest BCUT2D eigenvalue weighted by molar-refractivity contribution is 0.269. The van der Waals surface area contributed by atoms with Gasteiger partial charge in [0.25, 0.3) is 0 Å². The van der Waals surface area contributed by atoms with E-state index >= 15 is 0 Å². The summed E-state index contributed by atoms with van der Waals surface area (Å²) in [5.74, 6) is 1.60. The van der Waals surface area contributed by atoms with Crippen LogP contribution >= 0.6 is 0 Å². The first-order chi connectivity index (χ1) is 10.7. The third kappa shape index (κ3) is 5.08. The van der Waals surface area contributed by atoms with E-state index in [9.17, 15) is 0 Å². The van der Waals surface area contributed by atoms with Gasteiger partial charge >= 0.3 is 0 Å². The Labute approximate surface area is 133 Å². The Kier molecular flexibility index (Phi) is 6.28. The summed E-state index contributed by atoms with van der Waals surface area (Å²) in [6.45, 7) is 8.27. The molecule has 0 aliphatic carbocycles. The molecule has 0 saturated heterocycles. The van der Waals surface area contributed by atoms with Crippen molar-refractivity contribution >= 4 is 0 Å². The summed E-state index contributed by atoms with van der Waals surface area (Å²) in [6, 6.07) is 16.7. The molecule has 0 radical (unpaired) electrons. The Morgan fingerprint density at radius 2 is 1.68 bits per heavy atom. The molecule has 0 unspecified atom stereocenters. The Morgan fingerprint density at radius 3 is 2.36 bits per heavy atom. The molecule has 3 nitrogen and oxygen atoms in total. The lowest BCUT2D eigenvalue weighted by Crippen LogP contribution is -2.21. The SMILES string of the molecule is CCOc1cc(CNC(C)C)ccc1OCc1ccccc1. The van der Waals surface area contributed by atoms with Crippen LogP contribution in [0.2, 0.25) is 0 Å². The predicted molar refractivity (Wildman–Crippen MR) is 90.4 cm³/mol. The third-order valence-electron chi connectivity index (χ3n) is 3.26. The standard InChI is InChI=1S/C19H25NO2/c1-4-21-19-12-17(13-20-15(2)3)10-11-18(19)22-14-16-8-6-5-7-9-16/h5-12,15,20H,4,13-14H2,1-3H3. The van der Waals surface area contributed by atoms with Crippen LogP contribution in [0.3, 0.4) is 0 Å². The van der Waals surface area contributed by atoms with Crippen molar-refractivity contribution in [2.45, 2.75) is 40.0 Å². The normalized spacial score (nSPS) is 10.7. The molecule has 1 N–H and O–H groups in total. The van der Waals surface area contributed by atoms with Gasteiger partial charge in [0.05, 0.1) is 6.61 Å². The molecule has 0 fully saturated rings. The molecule has 0 bridgehead atoms. The molecule has 0 aliphatic rings. The van der Waals surface area contributed by atoms with Crippen LogP contribution in [0.4, 0.5) is 0 Å². The minimum atomic E-state index is 0.463. The maximum absolute atomic E-state index is 5.91. The number of ether oxygens (including phenoxy) is 2. The second-order valence-electron chi connectivity index (χ2n) is 5.52. The van der Waals surface area contributed by atoms with Gasteiger partial charge in [-0.2, -0.15) is 0 Å². The van der Waals surface area contributed by atoms with Crippen LogP contribution in [0.1, 0.15) is 31.9 Å². The Bertz CT molecular complexity index is 567. The molecule has 0 atom stereocenters. The largest absolute Gasteiger partial charge is 0.490 e. The van der Waals surface area contributed by atoms with E-state index in [0.717, 1.165) is 23.6 Å². The second kappa shape index (κ2) is 8.44. The van der Waals surface area contributed by atoms with Crippen LogP contribution in [0.15, 0.2) is 48.5 Å². The minimum absolute atomic E-state index is 0.463. The van der Waals surface area contributed by atoms with Gasteiger partial charge in [0.2, 0.25) is 0 Å². The highest BCUT2D eigenvalue weighted by Crippen LogP contribution is 2.29. The van der Waals surface area contributed by atoms with E-state index in [-0.39, 0.29) is 0 Å². The molecule has 2 aromatic rings. The number of hydrogen-bond acceptors (Lipinski definition) is 3. The molecule has 22 heavy (non-hydrogen) atoms. The second-order valence-corrected chi connectivity index (χ2v) is 5.52. The zero-order chi connectivity index (χ0) is 15.8. The van der Waals surface area contributed by atoms with Crippen molar-refractivity contribution < 1.29 is 9.47 Å². The maximum Gasteiger partial charge on any atom is 0.161 e. The van der Waals surface area contributed by atoms with Crippen molar-refractivity contribution in [3.05, 3.63) is 59.7 Å². The molecule has 0 heterocycles. The molecule has 0 amide bonds. The molecular formula is C19H25NO2. The van der Waals surface area contributed by atoms with Gasteiger partial charge in [0, 0.05) is 12.6 Å². The minimum Gasteiger partial charge on any atom is -0.490 e. The van der Waals surface area contributed by atoms with Gasteiger partial charge in [-0.25, -0.2) is 0 Å². The number of benzene rings is 2. The summed E-state index contributed by atoms with van der Waals surface area (Å²) in [5.41, 5.74) is 2.35. The summed E-state index contributed by atoms with van der Waals surface area (Å²) in [6.07, 6.45) is 0. The van der Waals surface area contributed by atoms with Crippen LogP contribution < -0.4 is 14.8 Å². The van der Waals surface area contributed by atoms with Crippen molar-refractivity contribution in [3.63, 3.8) is 0 Å². The number of nitrogens with one attached hydrogen (secondary N) is 1. The molecule has 2 rings (SSSR count). The van der Waals surface area contributed by atoms with E-state index < -0.39 is 0 Å². The molecule has 0 spiro atoms. The fourth-order valence-electron chi connectivity index (χ4n) is 2.11. The van der Waals surface area contributed by atoms with Gasteiger partial charge in [-0.15, -0.1) is 0 Å². The van der Waals surface area contributed by atoms with E-state index in [1.54, 1.807) is 0 Å². The Morgan fingerprint density at radius 1 is 0.909 bits per heavy atom. The molecule has 0 aromatic heterocycles. The summed E-state index contributed by atoms with van der Waals surface area (Å²) in [4.78, 5) is 0. The van der Waals surface area contributed by atoms with Gasteiger partial charge in [-0.05, 0) is 30.2 Å². The monoisotopic (exact) mass is 299 g/mol. The van der Waals surface area contributed by atoms with E-state index in [0.29, 0.717) is 19.3 Å². The molecular weight excluding hydrogens is 274 g/mol. The molecule has 0 aliphatic heterocycles. The predicted octanol–water partition coefficient (Wildman–Crippen LogP) is 4.16. The number of rotatable bonds is 8. The zero-order valence-electron chi connectivity index (χ0n) is 13.6. The third-order valence-corrected chi connectivity index (χ3v) is 3.26. The molecule has 0 saturated carbocycles. The van der Waals surface area contributed by atoms with Crippen molar-refractivity contribution in [2.75, 3.05) is 6.61 Å². The highest BCUT2D eigenvalue weighted by molar-refractivity contribution is 5.43. The van der Waals surface area contributed by atoms with Gasteiger partial charge in [-0.1, -0.05) is 50.2 Å². The van der Waals surface area contributed by atoms with Crippen LogP contribution in [0.25, 0.3) is 0 Å². The summed E-state index contributed by atoms with van der Waals surface area (Å²) in [7, 11) is 0. The average Bonchev–Trinajstić information content (AvgIpc) is 2.53. The number of hydrogen-bond donors (Lipinski definition) is 1. The van der Waals surface area contributed by atoms with Crippen molar-refractivity contribution in [3.8, 4) is 11.5 Å². The molecule has 3 heteroatoms. The van der Waals surface area contributed by atoms with Crippen LogP contribution in [-0.4, -0.2) is 12.6 Å². The summed E-state index contributed by atoms with van der Waals surface area (Å²) >= 11 is 0. The average molecular weight is 299 g/mol. The van der Waals surface area contributed by atoms with Crippen LogP contribution in [0.5, 0.6) is 11.5 Å². The lowest BCUT2D eigenvalue weighted by atomic mass is 10.2. The molecule has 2 aromatic carbocycles.